The Kier molecular flexibility index (Phi) is 4.25. The first-order valence-corrected chi connectivity index (χ1v) is 5.57. The summed E-state index contributed by atoms with van der Waals surface area (Å²) in [7, 11) is 0. The van der Waals surface area contributed by atoms with Crippen LogP contribution in [0.2, 0.25) is 0 Å². The summed E-state index contributed by atoms with van der Waals surface area (Å²) >= 11 is 0. The number of anilines is 1. The van der Waals surface area contributed by atoms with Gasteiger partial charge in [0.25, 0.3) is 5.69 Å². The van der Waals surface area contributed by atoms with Crippen LogP contribution in [0.15, 0.2) is 18.2 Å². The van der Waals surface area contributed by atoms with Crippen molar-refractivity contribution in [3.05, 3.63) is 33.9 Å². The molecule has 0 fully saturated rings. The van der Waals surface area contributed by atoms with Gasteiger partial charge in [-0.2, -0.15) is 0 Å². The van der Waals surface area contributed by atoms with Gasteiger partial charge in [0, 0.05) is 17.3 Å². The number of carboxylic acids is 1. The van der Waals surface area contributed by atoms with Crippen molar-refractivity contribution < 1.29 is 14.8 Å². The summed E-state index contributed by atoms with van der Waals surface area (Å²) in [6.45, 7) is 5.21. The molecule has 0 aliphatic rings. The zero-order chi connectivity index (χ0) is 13.9. The minimum absolute atomic E-state index is 0.0250. The van der Waals surface area contributed by atoms with E-state index >= 15 is 0 Å². The lowest BCUT2D eigenvalue weighted by Crippen LogP contribution is -2.34. The largest absolute Gasteiger partial charge is 0.480 e. The van der Waals surface area contributed by atoms with E-state index in [0.717, 1.165) is 0 Å². The van der Waals surface area contributed by atoms with E-state index in [4.69, 9.17) is 5.11 Å². The Balaban J connectivity index is 2.95. The lowest BCUT2D eigenvalue weighted by molar-refractivity contribution is -0.385. The zero-order valence-electron chi connectivity index (χ0n) is 10.5. The predicted octanol–water partition coefficient (Wildman–Crippen LogP) is 2.42. The van der Waals surface area contributed by atoms with E-state index in [0.29, 0.717) is 11.3 Å². The van der Waals surface area contributed by atoms with Crippen LogP contribution in [-0.4, -0.2) is 22.0 Å². The fourth-order valence-corrected chi connectivity index (χ4v) is 1.64. The molecule has 0 bridgehead atoms. The topological polar surface area (TPSA) is 92.5 Å². The second-order valence-electron chi connectivity index (χ2n) is 4.46. The number of hydrogen-bond donors (Lipinski definition) is 2. The molecule has 0 spiro atoms. The standard InChI is InChI=1S/C12H16N2O4/c1-7(2)11(12(15)16)13-9-4-5-10(14(17)18)8(3)6-9/h4-7,11,13H,1-3H3,(H,15,16)/t11-/m0/s1. The van der Waals surface area contributed by atoms with Crippen molar-refractivity contribution in [2.24, 2.45) is 5.92 Å². The van der Waals surface area contributed by atoms with E-state index in [1.165, 1.54) is 12.1 Å². The highest BCUT2D eigenvalue weighted by atomic mass is 16.6. The van der Waals surface area contributed by atoms with Crippen molar-refractivity contribution in [3.63, 3.8) is 0 Å². The number of hydrogen-bond acceptors (Lipinski definition) is 4. The molecule has 0 saturated carbocycles. The summed E-state index contributed by atoms with van der Waals surface area (Å²) in [5.41, 5.74) is 1.09. The number of nitro benzene ring substituents is 1. The highest BCUT2D eigenvalue weighted by Crippen LogP contribution is 2.22. The molecule has 18 heavy (non-hydrogen) atoms. The minimum atomic E-state index is -0.944. The van der Waals surface area contributed by atoms with Crippen LogP contribution in [0.25, 0.3) is 0 Å². The Hall–Kier alpha value is -2.11. The van der Waals surface area contributed by atoms with Crippen molar-refractivity contribution in [2.45, 2.75) is 26.8 Å². The molecular formula is C12H16N2O4. The summed E-state index contributed by atoms with van der Waals surface area (Å²) in [6.07, 6.45) is 0. The summed E-state index contributed by atoms with van der Waals surface area (Å²) in [5, 5.41) is 22.6. The second-order valence-corrected chi connectivity index (χ2v) is 4.46. The van der Waals surface area contributed by atoms with Gasteiger partial charge in [-0.05, 0) is 25.0 Å². The number of carboxylic acid groups (broad SMARTS) is 1. The summed E-state index contributed by atoms with van der Waals surface area (Å²) in [5.74, 6) is -1.03. The van der Waals surface area contributed by atoms with Crippen LogP contribution < -0.4 is 5.32 Å². The molecular weight excluding hydrogens is 236 g/mol. The van der Waals surface area contributed by atoms with Crippen LogP contribution in [0.1, 0.15) is 19.4 Å². The fourth-order valence-electron chi connectivity index (χ4n) is 1.64. The van der Waals surface area contributed by atoms with Gasteiger partial charge >= 0.3 is 5.97 Å². The molecule has 0 amide bonds. The molecule has 1 aromatic rings. The molecule has 6 heteroatoms. The van der Waals surface area contributed by atoms with E-state index in [2.05, 4.69) is 5.32 Å². The third-order valence-corrected chi connectivity index (χ3v) is 2.65. The molecule has 0 saturated heterocycles. The monoisotopic (exact) mass is 252 g/mol. The highest BCUT2D eigenvalue weighted by Gasteiger charge is 2.21. The normalized spacial score (nSPS) is 12.2. The smallest absolute Gasteiger partial charge is 0.326 e. The van der Waals surface area contributed by atoms with Crippen molar-refractivity contribution in [1.29, 1.82) is 0 Å². The van der Waals surface area contributed by atoms with Gasteiger partial charge in [-0.3, -0.25) is 10.1 Å². The summed E-state index contributed by atoms with van der Waals surface area (Å²) < 4.78 is 0. The maximum atomic E-state index is 11.0. The zero-order valence-corrected chi connectivity index (χ0v) is 10.5. The van der Waals surface area contributed by atoms with Gasteiger partial charge < -0.3 is 10.4 Å². The van der Waals surface area contributed by atoms with E-state index in [1.54, 1.807) is 26.8 Å². The molecule has 0 heterocycles. The number of nitrogens with one attached hydrogen (secondary N) is 1. The Bertz CT molecular complexity index is 471. The molecule has 1 rings (SSSR count). The van der Waals surface area contributed by atoms with Gasteiger partial charge in [-0.25, -0.2) is 4.79 Å². The molecule has 0 radical (unpaired) electrons. The summed E-state index contributed by atoms with van der Waals surface area (Å²) in [6, 6.07) is 3.75. The van der Waals surface area contributed by atoms with Crippen LogP contribution >= 0.6 is 0 Å². The first-order chi connectivity index (χ1) is 8.32. The molecule has 0 aromatic heterocycles. The van der Waals surface area contributed by atoms with Crippen molar-refractivity contribution >= 4 is 17.3 Å². The molecule has 6 nitrogen and oxygen atoms in total. The van der Waals surface area contributed by atoms with Crippen molar-refractivity contribution in [2.75, 3.05) is 5.32 Å². The Morgan fingerprint density at radius 1 is 1.44 bits per heavy atom. The molecule has 0 aliphatic carbocycles. The number of nitrogens with zero attached hydrogens (tertiary/aromatic N) is 1. The third kappa shape index (κ3) is 3.19. The summed E-state index contributed by atoms with van der Waals surface area (Å²) in [4.78, 5) is 21.2. The van der Waals surface area contributed by atoms with Gasteiger partial charge in [0.1, 0.15) is 6.04 Å². The number of carbonyl (C=O) groups is 1. The van der Waals surface area contributed by atoms with E-state index < -0.39 is 16.9 Å². The first kappa shape index (κ1) is 14.0. The van der Waals surface area contributed by atoms with Gasteiger partial charge in [-0.15, -0.1) is 0 Å². The number of benzene rings is 1. The van der Waals surface area contributed by atoms with Gasteiger partial charge in [0.05, 0.1) is 4.92 Å². The third-order valence-electron chi connectivity index (χ3n) is 2.65. The molecule has 2 N–H and O–H groups in total. The Labute approximate surface area is 105 Å². The SMILES string of the molecule is Cc1cc(N[C@H](C(=O)O)C(C)C)ccc1[N+](=O)[O-]. The van der Waals surface area contributed by atoms with Gasteiger partial charge in [0.15, 0.2) is 0 Å². The highest BCUT2D eigenvalue weighted by molar-refractivity contribution is 5.77. The molecule has 1 aromatic carbocycles. The van der Waals surface area contributed by atoms with E-state index in [9.17, 15) is 14.9 Å². The van der Waals surface area contributed by atoms with Crippen LogP contribution in [0.5, 0.6) is 0 Å². The quantitative estimate of drug-likeness (QED) is 0.620. The van der Waals surface area contributed by atoms with Gasteiger partial charge in [-0.1, -0.05) is 13.8 Å². The van der Waals surface area contributed by atoms with E-state index in [-0.39, 0.29) is 11.6 Å². The number of aryl methyl sites for hydroxylation is 1. The molecule has 0 aliphatic heterocycles. The van der Waals surface area contributed by atoms with Crippen LogP contribution in [0.4, 0.5) is 11.4 Å². The maximum Gasteiger partial charge on any atom is 0.326 e. The average Bonchev–Trinajstić information content (AvgIpc) is 2.24. The van der Waals surface area contributed by atoms with Crippen LogP contribution in [0.3, 0.4) is 0 Å². The van der Waals surface area contributed by atoms with Gasteiger partial charge in [0.2, 0.25) is 0 Å². The van der Waals surface area contributed by atoms with Crippen molar-refractivity contribution in [3.8, 4) is 0 Å². The number of nitro groups is 1. The Morgan fingerprint density at radius 3 is 2.44 bits per heavy atom. The molecule has 1 atom stereocenters. The lowest BCUT2D eigenvalue weighted by Gasteiger charge is -2.19. The lowest BCUT2D eigenvalue weighted by atomic mass is 10.0. The van der Waals surface area contributed by atoms with Crippen LogP contribution in [0, 0.1) is 23.0 Å². The predicted molar refractivity (Wildman–Crippen MR) is 67.7 cm³/mol. The molecule has 98 valence electrons. The van der Waals surface area contributed by atoms with Crippen LogP contribution in [-0.2, 0) is 4.79 Å². The molecule has 0 unspecified atom stereocenters. The van der Waals surface area contributed by atoms with Crippen molar-refractivity contribution in [1.82, 2.24) is 0 Å². The Morgan fingerprint density at radius 2 is 2.06 bits per heavy atom. The van der Waals surface area contributed by atoms with E-state index in [1.807, 2.05) is 0 Å². The maximum absolute atomic E-state index is 11.0. The first-order valence-electron chi connectivity index (χ1n) is 5.57. The average molecular weight is 252 g/mol. The minimum Gasteiger partial charge on any atom is -0.480 e. The second kappa shape index (κ2) is 5.48. The number of aliphatic carboxylic acids is 1. The fraction of sp³-hybridized carbons (Fsp3) is 0.417. The number of rotatable bonds is 5.